The van der Waals surface area contributed by atoms with Crippen molar-refractivity contribution >= 4 is 11.8 Å². The third kappa shape index (κ3) is 3.09. The Balaban J connectivity index is 1.92. The Kier molecular flexibility index (Phi) is 4.23. The van der Waals surface area contributed by atoms with Crippen molar-refractivity contribution in [1.29, 1.82) is 0 Å². The minimum atomic E-state index is 0.586. The molecule has 7 heteroatoms. The van der Waals surface area contributed by atoms with Gasteiger partial charge >= 0.3 is 0 Å². The van der Waals surface area contributed by atoms with E-state index in [1.807, 2.05) is 42.5 Å². The van der Waals surface area contributed by atoms with Gasteiger partial charge in [0.1, 0.15) is 5.03 Å². The van der Waals surface area contributed by atoms with Crippen LogP contribution in [0.1, 0.15) is 5.56 Å². The summed E-state index contributed by atoms with van der Waals surface area (Å²) in [6.07, 6.45) is 2.54. The van der Waals surface area contributed by atoms with E-state index in [1.54, 1.807) is 10.9 Å². The standard InChI is InChI=1S/C14H14N6S/c15-9-8-11-5-4-10-16-13(11)21-14-17-18-19-20(14)12-6-2-1-3-7-12/h1-7,10H,8-9,15H2. The molecule has 1 aromatic carbocycles. The van der Waals surface area contributed by atoms with Crippen LogP contribution < -0.4 is 5.73 Å². The van der Waals surface area contributed by atoms with Crippen molar-refractivity contribution in [2.45, 2.75) is 16.6 Å². The molecule has 0 atom stereocenters. The van der Waals surface area contributed by atoms with Crippen LogP contribution in [0.4, 0.5) is 0 Å². The Morgan fingerprint density at radius 3 is 2.76 bits per heavy atom. The first-order valence-electron chi connectivity index (χ1n) is 6.54. The smallest absolute Gasteiger partial charge is 0.220 e. The van der Waals surface area contributed by atoms with Crippen LogP contribution in [-0.2, 0) is 6.42 Å². The summed E-state index contributed by atoms with van der Waals surface area (Å²) in [5.74, 6) is 0. The summed E-state index contributed by atoms with van der Waals surface area (Å²) >= 11 is 1.44. The van der Waals surface area contributed by atoms with Gasteiger partial charge in [-0.2, -0.15) is 4.68 Å². The fraction of sp³-hybridized carbons (Fsp3) is 0.143. The Labute approximate surface area is 126 Å². The fourth-order valence-electron chi connectivity index (χ4n) is 1.92. The highest BCUT2D eigenvalue weighted by Crippen LogP contribution is 2.28. The number of nitrogens with two attached hydrogens (primary N) is 1. The average Bonchev–Trinajstić information content (AvgIpc) is 2.99. The van der Waals surface area contributed by atoms with Crippen molar-refractivity contribution in [3.63, 3.8) is 0 Å². The van der Waals surface area contributed by atoms with E-state index in [2.05, 4.69) is 20.5 Å². The molecule has 0 aliphatic rings. The highest BCUT2D eigenvalue weighted by molar-refractivity contribution is 7.99. The lowest BCUT2D eigenvalue weighted by atomic mass is 10.2. The first kappa shape index (κ1) is 13.7. The lowest BCUT2D eigenvalue weighted by Gasteiger charge is -2.07. The van der Waals surface area contributed by atoms with Crippen molar-refractivity contribution in [2.24, 2.45) is 5.73 Å². The molecule has 2 heterocycles. The molecular formula is C14H14N6S. The summed E-state index contributed by atoms with van der Waals surface area (Å²) in [6, 6.07) is 13.7. The van der Waals surface area contributed by atoms with Crippen molar-refractivity contribution in [1.82, 2.24) is 25.2 Å². The van der Waals surface area contributed by atoms with Crippen LogP contribution in [0, 0.1) is 0 Å². The zero-order valence-corrected chi connectivity index (χ0v) is 12.1. The fourth-order valence-corrected chi connectivity index (χ4v) is 2.82. The van der Waals surface area contributed by atoms with Gasteiger partial charge in [0.2, 0.25) is 5.16 Å². The van der Waals surface area contributed by atoms with Gasteiger partial charge in [-0.1, -0.05) is 24.3 Å². The number of rotatable bonds is 5. The quantitative estimate of drug-likeness (QED) is 0.772. The second-order valence-corrected chi connectivity index (χ2v) is 5.27. The molecule has 0 bridgehead atoms. The molecule has 0 aliphatic heterocycles. The second-order valence-electron chi connectivity index (χ2n) is 4.32. The van der Waals surface area contributed by atoms with Crippen LogP contribution in [0.25, 0.3) is 5.69 Å². The van der Waals surface area contributed by atoms with Gasteiger partial charge in [0.15, 0.2) is 0 Å². The number of hydrogen-bond donors (Lipinski definition) is 1. The number of benzene rings is 1. The zero-order chi connectivity index (χ0) is 14.5. The molecule has 0 aliphatic carbocycles. The van der Waals surface area contributed by atoms with Crippen LogP contribution in [0.5, 0.6) is 0 Å². The first-order chi connectivity index (χ1) is 10.4. The van der Waals surface area contributed by atoms with Crippen LogP contribution in [0.3, 0.4) is 0 Å². The molecular weight excluding hydrogens is 284 g/mol. The summed E-state index contributed by atoms with van der Waals surface area (Å²) in [7, 11) is 0. The summed E-state index contributed by atoms with van der Waals surface area (Å²) in [5, 5.41) is 13.4. The molecule has 0 spiro atoms. The third-order valence-corrected chi connectivity index (χ3v) is 3.89. The van der Waals surface area contributed by atoms with Crippen LogP contribution in [-0.4, -0.2) is 31.7 Å². The normalized spacial score (nSPS) is 10.7. The van der Waals surface area contributed by atoms with Crippen molar-refractivity contribution in [3.8, 4) is 5.69 Å². The predicted octanol–water partition coefficient (Wildman–Crippen LogP) is 1.71. The maximum absolute atomic E-state index is 5.64. The molecule has 3 aromatic rings. The van der Waals surface area contributed by atoms with Crippen molar-refractivity contribution in [3.05, 3.63) is 54.2 Å². The largest absolute Gasteiger partial charge is 0.330 e. The highest BCUT2D eigenvalue weighted by atomic mass is 32.2. The minimum absolute atomic E-state index is 0.586. The van der Waals surface area contributed by atoms with Gasteiger partial charge in [-0.3, -0.25) is 0 Å². The molecule has 0 saturated carbocycles. The SMILES string of the molecule is NCCc1cccnc1Sc1nnnn1-c1ccccc1. The Morgan fingerprint density at radius 1 is 1.10 bits per heavy atom. The van der Waals surface area contributed by atoms with E-state index in [0.717, 1.165) is 22.7 Å². The van der Waals surface area contributed by atoms with Crippen molar-refractivity contribution in [2.75, 3.05) is 6.54 Å². The maximum Gasteiger partial charge on any atom is 0.220 e. The Bertz CT molecular complexity index is 712. The van der Waals surface area contributed by atoms with Gasteiger partial charge in [-0.15, -0.1) is 5.10 Å². The molecule has 0 saturated heterocycles. The van der Waals surface area contributed by atoms with E-state index in [1.165, 1.54) is 11.8 Å². The number of hydrogen-bond acceptors (Lipinski definition) is 6. The molecule has 2 aromatic heterocycles. The topological polar surface area (TPSA) is 82.5 Å². The number of tetrazole rings is 1. The van der Waals surface area contributed by atoms with Gasteiger partial charge in [-0.25, -0.2) is 4.98 Å². The molecule has 106 valence electrons. The average molecular weight is 298 g/mol. The summed E-state index contributed by atoms with van der Waals surface area (Å²) in [6.45, 7) is 0.586. The van der Waals surface area contributed by atoms with E-state index < -0.39 is 0 Å². The lowest BCUT2D eigenvalue weighted by Crippen LogP contribution is -2.05. The number of aromatic nitrogens is 5. The molecule has 21 heavy (non-hydrogen) atoms. The minimum Gasteiger partial charge on any atom is -0.330 e. The van der Waals surface area contributed by atoms with Crippen LogP contribution >= 0.6 is 11.8 Å². The third-order valence-electron chi connectivity index (χ3n) is 2.89. The molecule has 0 amide bonds. The van der Waals surface area contributed by atoms with E-state index in [9.17, 15) is 0 Å². The predicted molar refractivity (Wildman–Crippen MR) is 80.3 cm³/mol. The summed E-state index contributed by atoms with van der Waals surface area (Å²) in [4.78, 5) is 4.41. The maximum atomic E-state index is 5.64. The molecule has 2 N–H and O–H groups in total. The van der Waals surface area contributed by atoms with Gasteiger partial charge in [0, 0.05) is 6.20 Å². The Hall–Kier alpha value is -2.25. The highest BCUT2D eigenvalue weighted by Gasteiger charge is 2.13. The molecule has 0 fully saturated rings. The van der Waals surface area contributed by atoms with Gasteiger partial charge in [0.25, 0.3) is 0 Å². The van der Waals surface area contributed by atoms with E-state index in [4.69, 9.17) is 5.73 Å². The van der Waals surface area contributed by atoms with E-state index in [-0.39, 0.29) is 0 Å². The molecule has 0 unspecified atom stereocenters. The second kappa shape index (κ2) is 6.47. The van der Waals surface area contributed by atoms with E-state index in [0.29, 0.717) is 11.7 Å². The van der Waals surface area contributed by atoms with E-state index >= 15 is 0 Å². The van der Waals surface area contributed by atoms with Crippen LogP contribution in [0.15, 0.2) is 58.8 Å². The molecule has 6 nitrogen and oxygen atoms in total. The van der Waals surface area contributed by atoms with Gasteiger partial charge < -0.3 is 5.73 Å². The monoisotopic (exact) mass is 298 g/mol. The first-order valence-corrected chi connectivity index (χ1v) is 7.36. The Morgan fingerprint density at radius 2 is 1.95 bits per heavy atom. The summed E-state index contributed by atoms with van der Waals surface area (Å²) in [5.41, 5.74) is 7.66. The molecule has 0 radical (unpaired) electrons. The van der Waals surface area contributed by atoms with Crippen molar-refractivity contribution < 1.29 is 0 Å². The number of para-hydroxylation sites is 1. The molecule has 3 rings (SSSR count). The van der Waals surface area contributed by atoms with Crippen LogP contribution in [0.2, 0.25) is 0 Å². The van der Waals surface area contributed by atoms with Gasteiger partial charge in [-0.05, 0) is 58.9 Å². The number of nitrogens with zero attached hydrogens (tertiary/aromatic N) is 5. The van der Waals surface area contributed by atoms with Gasteiger partial charge in [0.05, 0.1) is 5.69 Å². The number of pyridine rings is 1. The lowest BCUT2D eigenvalue weighted by molar-refractivity contribution is 0.755. The zero-order valence-electron chi connectivity index (χ0n) is 11.3. The summed E-state index contributed by atoms with van der Waals surface area (Å²) < 4.78 is 1.70.